The zero-order valence-electron chi connectivity index (χ0n) is 11.4. The molecule has 106 valence electrons. The van der Waals surface area contributed by atoms with Crippen LogP contribution < -0.4 is 10.6 Å². The van der Waals surface area contributed by atoms with Gasteiger partial charge in [0.2, 0.25) is 0 Å². The first kappa shape index (κ1) is 14.1. The van der Waals surface area contributed by atoms with Crippen molar-refractivity contribution in [2.24, 2.45) is 0 Å². The standard InChI is InChI=1S/C14H17N3O3/c1-14(2,8-18)17-13(20)12(19)16-10-4-3-9-5-6-15-11(9)7-10/h3-7,15,18H,8H2,1-2H3,(H,16,19)(H,17,20). The number of carbonyl (C=O) groups excluding carboxylic acids is 2. The number of carbonyl (C=O) groups is 2. The second-order valence-corrected chi connectivity index (χ2v) is 5.23. The van der Waals surface area contributed by atoms with Crippen molar-refractivity contribution in [3.8, 4) is 0 Å². The molecule has 0 aliphatic rings. The normalized spacial score (nSPS) is 11.3. The lowest BCUT2D eigenvalue weighted by Crippen LogP contribution is -2.50. The van der Waals surface area contributed by atoms with Gasteiger partial charge in [0.25, 0.3) is 0 Å². The zero-order chi connectivity index (χ0) is 14.8. The van der Waals surface area contributed by atoms with Gasteiger partial charge in [0, 0.05) is 17.4 Å². The van der Waals surface area contributed by atoms with E-state index in [0.717, 1.165) is 10.9 Å². The predicted molar refractivity (Wildman–Crippen MR) is 76.2 cm³/mol. The van der Waals surface area contributed by atoms with Gasteiger partial charge in [0.15, 0.2) is 0 Å². The Morgan fingerprint density at radius 2 is 2.00 bits per heavy atom. The van der Waals surface area contributed by atoms with E-state index < -0.39 is 17.4 Å². The number of aromatic amines is 1. The molecular formula is C14H17N3O3. The highest BCUT2D eigenvalue weighted by atomic mass is 16.3. The molecule has 2 amide bonds. The van der Waals surface area contributed by atoms with E-state index >= 15 is 0 Å². The van der Waals surface area contributed by atoms with E-state index in [1.807, 2.05) is 12.1 Å². The number of rotatable bonds is 3. The molecular weight excluding hydrogens is 258 g/mol. The number of amides is 2. The highest BCUT2D eigenvalue weighted by Gasteiger charge is 2.23. The summed E-state index contributed by atoms with van der Waals surface area (Å²) >= 11 is 0. The van der Waals surface area contributed by atoms with Crippen LogP contribution in [-0.2, 0) is 9.59 Å². The van der Waals surface area contributed by atoms with Crippen LogP contribution >= 0.6 is 0 Å². The zero-order valence-corrected chi connectivity index (χ0v) is 11.4. The maximum atomic E-state index is 11.8. The molecule has 1 aromatic carbocycles. The monoisotopic (exact) mass is 275 g/mol. The second kappa shape index (κ2) is 5.34. The highest BCUT2D eigenvalue weighted by molar-refractivity contribution is 6.39. The molecule has 0 bridgehead atoms. The SMILES string of the molecule is CC(C)(CO)NC(=O)C(=O)Nc1ccc2cc[nH]c2c1. The van der Waals surface area contributed by atoms with E-state index in [1.54, 1.807) is 32.2 Å². The molecule has 1 aromatic heterocycles. The molecule has 6 nitrogen and oxygen atoms in total. The van der Waals surface area contributed by atoms with Crippen LogP contribution in [0, 0.1) is 0 Å². The van der Waals surface area contributed by atoms with Gasteiger partial charge in [0.1, 0.15) is 0 Å². The molecule has 0 saturated carbocycles. The minimum Gasteiger partial charge on any atom is -0.394 e. The van der Waals surface area contributed by atoms with Crippen molar-refractivity contribution in [2.75, 3.05) is 11.9 Å². The summed E-state index contributed by atoms with van der Waals surface area (Å²) in [5, 5.41) is 15.0. The minimum atomic E-state index is -0.835. The highest BCUT2D eigenvalue weighted by Crippen LogP contribution is 2.17. The van der Waals surface area contributed by atoms with Gasteiger partial charge in [-0.25, -0.2) is 0 Å². The lowest BCUT2D eigenvalue weighted by molar-refractivity contribution is -0.137. The van der Waals surface area contributed by atoms with Crippen LogP contribution in [0.25, 0.3) is 10.9 Å². The first-order valence-corrected chi connectivity index (χ1v) is 6.23. The van der Waals surface area contributed by atoms with Gasteiger partial charge in [-0.2, -0.15) is 0 Å². The summed E-state index contributed by atoms with van der Waals surface area (Å²) in [5.41, 5.74) is 0.568. The molecule has 0 unspecified atom stereocenters. The quantitative estimate of drug-likeness (QED) is 0.629. The van der Waals surface area contributed by atoms with Crippen LogP contribution in [0.15, 0.2) is 30.5 Å². The van der Waals surface area contributed by atoms with Crippen molar-refractivity contribution in [1.82, 2.24) is 10.3 Å². The summed E-state index contributed by atoms with van der Waals surface area (Å²) in [4.78, 5) is 26.5. The summed E-state index contributed by atoms with van der Waals surface area (Å²) in [6.07, 6.45) is 1.80. The predicted octanol–water partition coefficient (Wildman–Crippen LogP) is 0.993. The smallest absolute Gasteiger partial charge is 0.313 e. The van der Waals surface area contributed by atoms with Crippen molar-refractivity contribution >= 4 is 28.4 Å². The largest absolute Gasteiger partial charge is 0.394 e. The molecule has 0 atom stereocenters. The third-order valence-corrected chi connectivity index (χ3v) is 2.87. The Balaban J connectivity index is 2.05. The molecule has 6 heteroatoms. The van der Waals surface area contributed by atoms with Crippen LogP contribution in [0.1, 0.15) is 13.8 Å². The number of nitrogens with one attached hydrogen (secondary N) is 3. The molecule has 4 N–H and O–H groups in total. The van der Waals surface area contributed by atoms with E-state index in [-0.39, 0.29) is 6.61 Å². The topological polar surface area (TPSA) is 94.2 Å². The van der Waals surface area contributed by atoms with Crippen molar-refractivity contribution in [2.45, 2.75) is 19.4 Å². The second-order valence-electron chi connectivity index (χ2n) is 5.23. The summed E-state index contributed by atoms with van der Waals surface area (Å²) in [6.45, 7) is 3.01. The summed E-state index contributed by atoms with van der Waals surface area (Å²) in [7, 11) is 0. The Bertz CT molecular complexity index is 646. The number of aromatic nitrogens is 1. The van der Waals surface area contributed by atoms with Crippen LogP contribution in [0.2, 0.25) is 0 Å². The molecule has 0 fully saturated rings. The van der Waals surface area contributed by atoms with Crippen molar-refractivity contribution < 1.29 is 14.7 Å². The van der Waals surface area contributed by atoms with Gasteiger partial charge < -0.3 is 20.7 Å². The molecule has 0 aliphatic carbocycles. The van der Waals surface area contributed by atoms with Crippen molar-refractivity contribution in [3.05, 3.63) is 30.5 Å². The van der Waals surface area contributed by atoms with E-state index in [2.05, 4.69) is 15.6 Å². The summed E-state index contributed by atoms with van der Waals surface area (Å²) in [6, 6.07) is 7.23. The van der Waals surface area contributed by atoms with Gasteiger partial charge in [0.05, 0.1) is 12.1 Å². The lowest BCUT2D eigenvalue weighted by Gasteiger charge is -2.22. The maximum absolute atomic E-state index is 11.8. The van der Waals surface area contributed by atoms with Gasteiger partial charge in [-0.1, -0.05) is 6.07 Å². The lowest BCUT2D eigenvalue weighted by atomic mass is 10.1. The number of aliphatic hydroxyl groups excluding tert-OH is 1. The number of H-pyrrole nitrogens is 1. The third kappa shape index (κ3) is 3.16. The summed E-state index contributed by atoms with van der Waals surface area (Å²) in [5.74, 6) is -1.55. The number of anilines is 1. The third-order valence-electron chi connectivity index (χ3n) is 2.87. The molecule has 2 aromatic rings. The van der Waals surface area contributed by atoms with Crippen LogP contribution in [0.5, 0.6) is 0 Å². The van der Waals surface area contributed by atoms with Gasteiger partial charge in [-0.05, 0) is 37.4 Å². The van der Waals surface area contributed by atoms with Gasteiger partial charge in [-0.15, -0.1) is 0 Å². The van der Waals surface area contributed by atoms with Crippen molar-refractivity contribution in [3.63, 3.8) is 0 Å². The van der Waals surface area contributed by atoms with E-state index in [0.29, 0.717) is 5.69 Å². The Kier molecular flexibility index (Phi) is 3.76. The van der Waals surface area contributed by atoms with Crippen LogP contribution in [0.3, 0.4) is 0 Å². The summed E-state index contributed by atoms with van der Waals surface area (Å²) < 4.78 is 0. The molecule has 0 spiro atoms. The average Bonchev–Trinajstić information content (AvgIpc) is 2.85. The molecule has 20 heavy (non-hydrogen) atoms. The maximum Gasteiger partial charge on any atom is 0.313 e. The average molecular weight is 275 g/mol. The Morgan fingerprint density at radius 1 is 1.25 bits per heavy atom. The Hall–Kier alpha value is -2.34. The van der Waals surface area contributed by atoms with Crippen LogP contribution in [0.4, 0.5) is 5.69 Å². The van der Waals surface area contributed by atoms with Gasteiger partial charge in [-0.3, -0.25) is 9.59 Å². The number of benzene rings is 1. The molecule has 2 rings (SSSR count). The van der Waals surface area contributed by atoms with E-state index in [1.165, 1.54) is 0 Å². The first-order chi connectivity index (χ1) is 9.41. The molecule has 0 aliphatic heterocycles. The van der Waals surface area contributed by atoms with E-state index in [9.17, 15) is 9.59 Å². The number of hydrogen-bond acceptors (Lipinski definition) is 3. The Morgan fingerprint density at radius 3 is 2.70 bits per heavy atom. The molecule has 0 radical (unpaired) electrons. The Labute approximate surface area is 116 Å². The van der Waals surface area contributed by atoms with Crippen LogP contribution in [-0.4, -0.2) is 34.1 Å². The first-order valence-electron chi connectivity index (χ1n) is 6.23. The minimum absolute atomic E-state index is 0.250. The van der Waals surface area contributed by atoms with Gasteiger partial charge >= 0.3 is 11.8 Å². The fourth-order valence-electron chi connectivity index (χ4n) is 1.72. The number of fused-ring (bicyclic) bond motifs is 1. The number of aliphatic hydroxyl groups is 1. The fourth-order valence-corrected chi connectivity index (χ4v) is 1.72. The molecule has 0 saturated heterocycles. The number of hydrogen-bond donors (Lipinski definition) is 4. The fraction of sp³-hybridized carbons (Fsp3) is 0.286. The van der Waals surface area contributed by atoms with E-state index in [4.69, 9.17) is 5.11 Å². The van der Waals surface area contributed by atoms with Crippen molar-refractivity contribution in [1.29, 1.82) is 0 Å². The molecule has 1 heterocycles.